The van der Waals surface area contributed by atoms with Crippen LogP contribution in [0.4, 0.5) is 5.69 Å². The van der Waals surface area contributed by atoms with Crippen molar-refractivity contribution in [1.29, 1.82) is 0 Å². The molecule has 3 rings (SSSR count). The molecule has 1 aliphatic heterocycles. The number of amides is 2. The predicted molar refractivity (Wildman–Crippen MR) is 94.2 cm³/mol. The largest absolute Gasteiger partial charge is 0.486 e. The van der Waals surface area contributed by atoms with Crippen molar-refractivity contribution < 1.29 is 19.1 Å². The van der Waals surface area contributed by atoms with E-state index in [2.05, 4.69) is 10.6 Å². The Labute approximate surface area is 146 Å². The van der Waals surface area contributed by atoms with Crippen LogP contribution in [-0.2, 0) is 11.2 Å². The first-order valence-corrected chi connectivity index (χ1v) is 8.22. The third-order valence-electron chi connectivity index (χ3n) is 3.72. The number of hydrogen-bond donors (Lipinski definition) is 2. The lowest BCUT2D eigenvalue weighted by Crippen LogP contribution is -2.23. The summed E-state index contributed by atoms with van der Waals surface area (Å²) in [4.78, 5) is 24.1. The molecule has 2 aromatic rings. The van der Waals surface area contributed by atoms with Gasteiger partial charge >= 0.3 is 0 Å². The van der Waals surface area contributed by atoms with Crippen LogP contribution in [0.1, 0.15) is 22.8 Å². The summed E-state index contributed by atoms with van der Waals surface area (Å²) in [5, 5.41) is 5.55. The predicted octanol–water partition coefficient (Wildman–Crippen LogP) is 2.39. The second-order valence-electron chi connectivity index (χ2n) is 5.64. The number of benzene rings is 2. The summed E-state index contributed by atoms with van der Waals surface area (Å²) in [5.74, 6) is 1.04. The number of hydrogen-bond acceptors (Lipinski definition) is 4. The van der Waals surface area contributed by atoms with Crippen molar-refractivity contribution in [1.82, 2.24) is 5.32 Å². The van der Waals surface area contributed by atoms with E-state index >= 15 is 0 Å². The number of anilines is 1. The van der Waals surface area contributed by atoms with Crippen molar-refractivity contribution >= 4 is 17.5 Å². The van der Waals surface area contributed by atoms with Gasteiger partial charge in [-0.25, -0.2) is 0 Å². The van der Waals surface area contributed by atoms with E-state index in [1.807, 2.05) is 25.1 Å². The quantitative estimate of drug-likeness (QED) is 0.876. The molecule has 0 radical (unpaired) electrons. The molecule has 130 valence electrons. The minimum Gasteiger partial charge on any atom is -0.486 e. The third kappa shape index (κ3) is 4.29. The lowest BCUT2D eigenvalue weighted by atomic mass is 10.1. The highest BCUT2D eigenvalue weighted by atomic mass is 16.6. The van der Waals surface area contributed by atoms with Gasteiger partial charge in [-0.1, -0.05) is 12.1 Å². The molecule has 2 aromatic carbocycles. The van der Waals surface area contributed by atoms with E-state index in [1.54, 1.807) is 24.3 Å². The fourth-order valence-electron chi connectivity index (χ4n) is 2.59. The Morgan fingerprint density at radius 1 is 1.04 bits per heavy atom. The fourth-order valence-corrected chi connectivity index (χ4v) is 2.59. The van der Waals surface area contributed by atoms with Crippen LogP contribution in [0.25, 0.3) is 0 Å². The number of ether oxygens (including phenoxy) is 2. The minimum atomic E-state index is -0.162. The molecule has 6 nitrogen and oxygen atoms in total. The first-order chi connectivity index (χ1) is 12.2. The highest BCUT2D eigenvalue weighted by Crippen LogP contribution is 2.30. The van der Waals surface area contributed by atoms with Crippen LogP contribution >= 0.6 is 0 Å². The van der Waals surface area contributed by atoms with Gasteiger partial charge in [-0.3, -0.25) is 9.59 Å². The summed E-state index contributed by atoms with van der Waals surface area (Å²) in [5.41, 5.74) is 1.94. The molecule has 1 aliphatic rings. The van der Waals surface area contributed by atoms with E-state index in [0.29, 0.717) is 42.5 Å². The summed E-state index contributed by atoms with van der Waals surface area (Å²) < 4.78 is 11.0. The number of fused-ring (bicyclic) bond motifs is 1. The molecule has 0 saturated carbocycles. The van der Waals surface area contributed by atoms with Crippen LogP contribution in [0.15, 0.2) is 42.5 Å². The monoisotopic (exact) mass is 340 g/mol. The molecule has 0 unspecified atom stereocenters. The van der Waals surface area contributed by atoms with E-state index in [4.69, 9.17) is 9.47 Å². The molecule has 0 spiro atoms. The maximum atomic E-state index is 12.3. The van der Waals surface area contributed by atoms with Gasteiger partial charge < -0.3 is 20.1 Å². The zero-order valence-corrected chi connectivity index (χ0v) is 14.0. The van der Waals surface area contributed by atoms with E-state index in [-0.39, 0.29) is 18.2 Å². The highest BCUT2D eigenvalue weighted by Gasteiger charge is 2.13. The van der Waals surface area contributed by atoms with Gasteiger partial charge in [-0.05, 0) is 42.8 Å². The van der Waals surface area contributed by atoms with Gasteiger partial charge in [0.15, 0.2) is 11.5 Å². The zero-order chi connectivity index (χ0) is 17.6. The highest BCUT2D eigenvalue weighted by molar-refractivity contribution is 5.97. The Balaban J connectivity index is 1.64. The molecule has 2 N–H and O–H groups in total. The first kappa shape index (κ1) is 16.8. The van der Waals surface area contributed by atoms with Gasteiger partial charge in [0.05, 0.1) is 6.42 Å². The normalized spacial score (nSPS) is 12.4. The Bertz CT molecular complexity index is 789. The Morgan fingerprint density at radius 3 is 2.64 bits per heavy atom. The summed E-state index contributed by atoms with van der Waals surface area (Å²) in [6, 6.07) is 12.3. The molecule has 0 saturated heterocycles. The second kappa shape index (κ2) is 7.70. The molecular weight excluding hydrogens is 320 g/mol. The molecule has 25 heavy (non-hydrogen) atoms. The van der Waals surface area contributed by atoms with Crippen molar-refractivity contribution in [3.05, 3.63) is 53.6 Å². The van der Waals surface area contributed by atoms with Crippen LogP contribution in [0.3, 0.4) is 0 Å². The second-order valence-corrected chi connectivity index (χ2v) is 5.64. The van der Waals surface area contributed by atoms with Gasteiger partial charge in [0.1, 0.15) is 13.2 Å². The number of nitrogens with one attached hydrogen (secondary N) is 2. The molecule has 0 aliphatic carbocycles. The lowest BCUT2D eigenvalue weighted by molar-refractivity contribution is -0.115. The Hall–Kier alpha value is -3.02. The molecule has 0 aromatic heterocycles. The van der Waals surface area contributed by atoms with Crippen LogP contribution in [0.2, 0.25) is 0 Å². The third-order valence-corrected chi connectivity index (χ3v) is 3.72. The van der Waals surface area contributed by atoms with Gasteiger partial charge in [-0.2, -0.15) is 0 Å². The van der Waals surface area contributed by atoms with E-state index in [1.165, 1.54) is 0 Å². The van der Waals surface area contributed by atoms with Gasteiger partial charge in [0.25, 0.3) is 5.91 Å². The molecule has 0 atom stereocenters. The summed E-state index contributed by atoms with van der Waals surface area (Å²) in [6.45, 7) is 3.46. The minimum absolute atomic E-state index is 0.162. The van der Waals surface area contributed by atoms with Crippen LogP contribution in [0, 0.1) is 0 Å². The van der Waals surface area contributed by atoms with E-state index < -0.39 is 0 Å². The molecule has 0 bridgehead atoms. The summed E-state index contributed by atoms with van der Waals surface area (Å²) in [7, 11) is 0. The van der Waals surface area contributed by atoms with Crippen molar-refractivity contribution in [2.24, 2.45) is 0 Å². The lowest BCUT2D eigenvalue weighted by Gasteiger charge is -2.18. The molecule has 2 amide bonds. The molecular formula is C19H20N2O4. The van der Waals surface area contributed by atoms with Crippen LogP contribution in [0.5, 0.6) is 11.5 Å². The van der Waals surface area contributed by atoms with Crippen molar-refractivity contribution in [3.8, 4) is 11.5 Å². The number of carbonyl (C=O) groups excluding carboxylic acids is 2. The van der Waals surface area contributed by atoms with Gasteiger partial charge in [0.2, 0.25) is 5.91 Å². The average molecular weight is 340 g/mol. The zero-order valence-electron chi connectivity index (χ0n) is 14.0. The average Bonchev–Trinajstić information content (AvgIpc) is 2.62. The van der Waals surface area contributed by atoms with Crippen molar-refractivity contribution in [2.75, 3.05) is 25.1 Å². The van der Waals surface area contributed by atoms with Gasteiger partial charge in [0, 0.05) is 17.8 Å². The number of rotatable bonds is 5. The molecule has 1 heterocycles. The standard InChI is InChI=1S/C19H20N2O4/c1-2-20-19(23)14-4-3-5-15(12-14)21-18(22)11-13-6-7-16-17(10-13)25-9-8-24-16/h3-7,10,12H,2,8-9,11H2,1H3,(H,20,23)(H,21,22). The molecule has 6 heteroatoms. The number of carbonyl (C=O) groups is 2. The topological polar surface area (TPSA) is 76.7 Å². The van der Waals surface area contributed by atoms with E-state index in [9.17, 15) is 9.59 Å². The summed E-state index contributed by atoms with van der Waals surface area (Å²) >= 11 is 0. The van der Waals surface area contributed by atoms with E-state index in [0.717, 1.165) is 5.56 Å². The maximum absolute atomic E-state index is 12.3. The fraction of sp³-hybridized carbons (Fsp3) is 0.263. The Kier molecular flexibility index (Phi) is 5.18. The maximum Gasteiger partial charge on any atom is 0.251 e. The van der Waals surface area contributed by atoms with Crippen molar-refractivity contribution in [3.63, 3.8) is 0 Å². The van der Waals surface area contributed by atoms with Crippen molar-refractivity contribution in [2.45, 2.75) is 13.3 Å². The van der Waals surface area contributed by atoms with Gasteiger partial charge in [-0.15, -0.1) is 0 Å². The summed E-state index contributed by atoms with van der Waals surface area (Å²) in [6.07, 6.45) is 0.210. The molecule has 0 fully saturated rings. The SMILES string of the molecule is CCNC(=O)c1cccc(NC(=O)Cc2ccc3c(c2)OCCO3)c1. The Morgan fingerprint density at radius 2 is 1.84 bits per heavy atom. The smallest absolute Gasteiger partial charge is 0.251 e. The van der Waals surface area contributed by atoms with Crippen LogP contribution in [-0.4, -0.2) is 31.6 Å². The first-order valence-electron chi connectivity index (χ1n) is 8.22. The van der Waals surface area contributed by atoms with Crippen LogP contribution < -0.4 is 20.1 Å².